The Morgan fingerprint density at radius 3 is 2.90 bits per heavy atom. The molecule has 8 nitrogen and oxygen atoms in total. The highest BCUT2D eigenvalue weighted by atomic mass is 19.1. The first kappa shape index (κ1) is 19.3. The zero-order chi connectivity index (χ0) is 20.4. The fourth-order valence-corrected chi connectivity index (χ4v) is 3.66. The summed E-state index contributed by atoms with van der Waals surface area (Å²) >= 11 is 0. The van der Waals surface area contributed by atoms with Gasteiger partial charge in [0.1, 0.15) is 18.6 Å². The fourth-order valence-electron chi connectivity index (χ4n) is 3.66. The summed E-state index contributed by atoms with van der Waals surface area (Å²) in [7, 11) is 0. The Kier molecular flexibility index (Phi) is 5.41. The van der Waals surface area contributed by atoms with Crippen molar-refractivity contribution in [3.63, 3.8) is 0 Å². The summed E-state index contributed by atoms with van der Waals surface area (Å²) in [6.45, 7) is 3.34. The second-order valence-corrected chi connectivity index (χ2v) is 7.25. The smallest absolute Gasteiger partial charge is 0.326 e. The van der Waals surface area contributed by atoms with Crippen LogP contribution in [0, 0.1) is 12.7 Å². The van der Waals surface area contributed by atoms with Crippen molar-refractivity contribution in [1.29, 1.82) is 0 Å². The monoisotopic (exact) mass is 399 g/mol. The number of cyclic esters (lactones) is 1. The van der Waals surface area contributed by atoms with Gasteiger partial charge in [0.05, 0.1) is 11.9 Å². The average molecular weight is 399 g/mol. The first-order valence-electron chi connectivity index (χ1n) is 9.41. The van der Waals surface area contributed by atoms with Crippen molar-refractivity contribution >= 4 is 23.4 Å². The van der Waals surface area contributed by atoms with Gasteiger partial charge in [0.25, 0.3) is 0 Å². The van der Waals surface area contributed by atoms with Gasteiger partial charge in [-0.2, -0.15) is 0 Å². The largest absolute Gasteiger partial charge is 0.448 e. The molecule has 2 fully saturated rings. The number of anilines is 2. The Morgan fingerprint density at radius 1 is 1.28 bits per heavy atom. The third-order valence-corrected chi connectivity index (χ3v) is 5.07. The van der Waals surface area contributed by atoms with Gasteiger partial charge in [-0.1, -0.05) is 0 Å². The molecular weight excluding hydrogens is 377 g/mol. The van der Waals surface area contributed by atoms with E-state index in [0.29, 0.717) is 30.9 Å². The van der Waals surface area contributed by atoms with Crippen LogP contribution in [0.2, 0.25) is 0 Å². The number of carbonyl (C=O) groups excluding carboxylic acids is 2. The minimum atomic E-state index is -0.481. The number of fused-ring (bicyclic) bond motifs is 1. The molecule has 0 saturated carbocycles. The maximum Gasteiger partial charge on any atom is 0.326 e. The predicted octanol–water partition coefficient (Wildman–Crippen LogP) is 1.87. The number of hydrogen-bond donors (Lipinski definition) is 3. The molecule has 2 amide bonds. The molecule has 2 atom stereocenters. The number of piperazine rings is 1. The summed E-state index contributed by atoms with van der Waals surface area (Å²) in [5, 5.41) is 8.54. The normalized spacial score (nSPS) is 21.4. The third kappa shape index (κ3) is 4.52. The number of pyridine rings is 1. The van der Waals surface area contributed by atoms with E-state index in [1.54, 1.807) is 24.4 Å². The van der Waals surface area contributed by atoms with Crippen molar-refractivity contribution in [3.05, 3.63) is 53.6 Å². The third-order valence-electron chi connectivity index (χ3n) is 5.07. The predicted molar refractivity (Wildman–Crippen MR) is 105 cm³/mol. The number of nitrogens with zero attached hydrogens (tertiary/aromatic N) is 2. The van der Waals surface area contributed by atoms with Crippen molar-refractivity contribution in [1.82, 2.24) is 15.2 Å². The number of hydrogen-bond acceptors (Lipinski definition) is 6. The van der Waals surface area contributed by atoms with E-state index in [2.05, 4.69) is 20.9 Å². The number of amides is 2. The highest BCUT2D eigenvalue weighted by Crippen LogP contribution is 2.23. The zero-order valence-corrected chi connectivity index (χ0v) is 15.9. The second kappa shape index (κ2) is 8.14. The number of aromatic nitrogens is 1. The van der Waals surface area contributed by atoms with E-state index in [1.165, 1.54) is 12.1 Å². The van der Waals surface area contributed by atoms with Crippen molar-refractivity contribution in [2.75, 3.05) is 30.5 Å². The molecule has 0 radical (unpaired) electrons. The Balaban J connectivity index is 1.42. The molecule has 2 saturated heterocycles. The summed E-state index contributed by atoms with van der Waals surface area (Å²) in [5.41, 5.74) is 2.47. The van der Waals surface area contributed by atoms with E-state index in [4.69, 9.17) is 4.74 Å². The summed E-state index contributed by atoms with van der Waals surface area (Å²) in [6.07, 6.45) is 2.08. The van der Waals surface area contributed by atoms with Gasteiger partial charge in [0.15, 0.2) is 0 Å². The number of urea groups is 1. The van der Waals surface area contributed by atoms with Gasteiger partial charge < -0.3 is 20.7 Å². The first-order chi connectivity index (χ1) is 14.0. The van der Waals surface area contributed by atoms with Crippen LogP contribution in [0.5, 0.6) is 0 Å². The number of esters is 1. The van der Waals surface area contributed by atoms with Crippen molar-refractivity contribution in [3.8, 4) is 0 Å². The van der Waals surface area contributed by atoms with Gasteiger partial charge >= 0.3 is 12.0 Å². The molecule has 2 aliphatic rings. The summed E-state index contributed by atoms with van der Waals surface area (Å²) in [5.74, 6) is -0.671. The maximum atomic E-state index is 14.1. The Hall–Kier alpha value is -3.04. The van der Waals surface area contributed by atoms with Crippen molar-refractivity contribution < 1.29 is 18.7 Å². The lowest BCUT2D eigenvalue weighted by Crippen LogP contribution is -2.56. The molecule has 29 heavy (non-hydrogen) atoms. The van der Waals surface area contributed by atoms with E-state index < -0.39 is 11.8 Å². The van der Waals surface area contributed by atoms with Gasteiger partial charge in [-0.3, -0.25) is 14.7 Å². The molecule has 0 aliphatic carbocycles. The minimum Gasteiger partial charge on any atom is -0.448 e. The lowest BCUT2D eigenvalue weighted by molar-refractivity contribution is -0.139. The Morgan fingerprint density at radius 2 is 2.10 bits per heavy atom. The second-order valence-electron chi connectivity index (χ2n) is 7.25. The van der Waals surface area contributed by atoms with Gasteiger partial charge in [0, 0.05) is 30.5 Å². The maximum absolute atomic E-state index is 14.1. The molecule has 2 aliphatic heterocycles. The van der Waals surface area contributed by atoms with Crippen LogP contribution >= 0.6 is 0 Å². The van der Waals surface area contributed by atoms with E-state index in [1.807, 2.05) is 11.8 Å². The van der Waals surface area contributed by atoms with Gasteiger partial charge in [0.2, 0.25) is 0 Å². The number of benzene rings is 1. The van der Waals surface area contributed by atoms with Crippen LogP contribution in [-0.2, 0) is 16.0 Å². The van der Waals surface area contributed by atoms with E-state index in [9.17, 15) is 14.0 Å². The van der Waals surface area contributed by atoms with Gasteiger partial charge in [-0.25, -0.2) is 9.18 Å². The Bertz CT molecular complexity index is 921. The molecular formula is C20H22FN5O3. The molecule has 152 valence electrons. The summed E-state index contributed by atoms with van der Waals surface area (Å²) in [6, 6.07) is 7.19. The minimum absolute atomic E-state index is 0.00214. The molecule has 1 aromatic carbocycles. The van der Waals surface area contributed by atoms with Crippen molar-refractivity contribution in [2.24, 2.45) is 0 Å². The zero-order valence-electron chi connectivity index (χ0n) is 15.9. The lowest BCUT2D eigenvalue weighted by atomic mass is 10.0. The molecule has 0 bridgehead atoms. The van der Waals surface area contributed by atoms with Gasteiger partial charge in [-0.05, 0) is 49.2 Å². The highest BCUT2D eigenvalue weighted by Gasteiger charge is 2.41. The highest BCUT2D eigenvalue weighted by molar-refractivity contribution is 5.99. The molecule has 1 aromatic heterocycles. The van der Waals surface area contributed by atoms with E-state index in [0.717, 1.165) is 11.3 Å². The standard InChI is InChI=1S/C20H22FN5O3/c1-12-2-3-15(8-23-12)24-20(28)25-16-5-13(4-14(21)7-16)6-17-9-22-10-18-19(27)29-11-26(17)18/h2-5,7-8,17-18,22H,6,9-11H2,1H3,(H2,24,25,28). The number of halogens is 1. The molecule has 2 aromatic rings. The van der Waals surface area contributed by atoms with E-state index in [-0.39, 0.29) is 24.8 Å². The first-order valence-corrected chi connectivity index (χ1v) is 9.41. The number of nitrogens with one attached hydrogen (secondary N) is 3. The SMILES string of the molecule is Cc1ccc(NC(=O)Nc2cc(F)cc(CC3CNCC4C(=O)OCN34)c2)cn1. The molecule has 4 rings (SSSR count). The van der Waals surface area contributed by atoms with Crippen LogP contribution in [0.15, 0.2) is 36.5 Å². The van der Waals surface area contributed by atoms with Crippen LogP contribution in [-0.4, -0.2) is 53.8 Å². The number of carbonyl (C=O) groups is 2. The fraction of sp³-hybridized carbons (Fsp3) is 0.350. The molecule has 2 unspecified atom stereocenters. The molecule has 3 heterocycles. The molecule has 0 spiro atoms. The van der Waals surface area contributed by atoms with Crippen LogP contribution in [0.25, 0.3) is 0 Å². The summed E-state index contributed by atoms with van der Waals surface area (Å²) < 4.78 is 19.3. The van der Waals surface area contributed by atoms with Gasteiger partial charge in [-0.15, -0.1) is 0 Å². The van der Waals surface area contributed by atoms with Crippen LogP contribution in [0.3, 0.4) is 0 Å². The number of rotatable bonds is 4. The quantitative estimate of drug-likeness (QED) is 0.680. The van der Waals surface area contributed by atoms with Crippen LogP contribution in [0.4, 0.5) is 20.6 Å². The summed E-state index contributed by atoms with van der Waals surface area (Å²) in [4.78, 5) is 30.1. The number of ether oxygens (including phenoxy) is 1. The topological polar surface area (TPSA) is 95.6 Å². The van der Waals surface area contributed by atoms with Crippen LogP contribution < -0.4 is 16.0 Å². The average Bonchev–Trinajstić information content (AvgIpc) is 3.05. The van der Waals surface area contributed by atoms with Crippen LogP contribution in [0.1, 0.15) is 11.3 Å². The number of aryl methyl sites for hydroxylation is 1. The molecule has 3 N–H and O–H groups in total. The van der Waals surface area contributed by atoms with E-state index >= 15 is 0 Å². The Labute approximate surface area is 167 Å². The van der Waals surface area contributed by atoms with Crippen molar-refractivity contribution in [2.45, 2.75) is 25.4 Å². The lowest BCUT2D eigenvalue weighted by Gasteiger charge is -2.35. The molecule has 9 heteroatoms.